The van der Waals surface area contributed by atoms with Gasteiger partial charge in [0.1, 0.15) is 12.4 Å². The molecule has 2 aromatic rings. The largest absolute Gasteiger partial charge is 0.489 e. The Labute approximate surface area is 166 Å². The van der Waals surface area contributed by atoms with E-state index < -0.39 is 0 Å². The maximum atomic E-state index is 12.9. The Morgan fingerprint density at radius 2 is 1.93 bits per heavy atom. The summed E-state index contributed by atoms with van der Waals surface area (Å²) in [6, 6.07) is 13.4. The third-order valence-electron chi connectivity index (χ3n) is 4.38. The van der Waals surface area contributed by atoms with Gasteiger partial charge in [-0.15, -0.1) is 0 Å². The van der Waals surface area contributed by atoms with E-state index in [2.05, 4.69) is 11.9 Å². The van der Waals surface area contributed by atoms with E-state index in [-0.39, 0.29) is 24.9 Å². The first-order valence-electron chi connectivity index (χ1n) is 9.12. The van der Waals surface area contributed by atoms with Gasteiger partial charge in [0, 0.05) is 11.3 Å². The van der Waals surface area contributed by atoms with E-state index in [9.17, 15) is 9.59 Å². The summed E-state index contributed by atoms with van der Waals surface area (Å²) in [6.45, 7) is 8.09. The van der Waals surface area contributed by atoms with Crippen LogP contribution in [0.5, 0.6) is 5.75 Å². The molecule has 0 aromatic heterocycles. The van der Waals surface area contributed by atoms with Crippen LogP contribution in [0.1, 0.15) is 16.7 Å². The van der Waals surface area contributed by atoms with Crippen molar-refractivity contribution in [3.05, 3.63) is 71.8 Å². The number of nitrogens with one attached hydrogen (secondary N) is 1. The molecule has 2 aromatic carbocycles. The van der Waals surface area contributed by atoms with Gasteiger partial charge in [-0.3, -0.25) is 9.59 Å². The third kappa shape index (κ3) is 5.69. The Morgan fingerprint density at radius 3 is 2.61 bits per heavy atom. The number of amides is 2. The number of hydrogen-bond donors (Lipinski definition) is 2. The van der Waals surface area contributed by atoms with E-state index in [0.717, 1.165) is 22.4 Å². The van der Waals surface area contributed by atoms with Crippen molar-refractivity contribution >= 4 is 17.5 Å². The van der Waals surface area contributed by atoms with Gasteiger partial charge in [-0.05, 0) is 43.2 Å². The minimum Gasteiger partial charge on any atom is -0.489 e. The predicted octanol–water partition coefficient (Wildman–Crippen LogP) is 2.48. The van der Waals surface area contributed by atoms with Gasteiger partial charge < -0.3 is 20.7 Å². The molecule has 3 N–H and O–H groups in total. The van der Waals surface area contributed by atoms with E-state index in [1.807, 2.05) is 56.3 Å². The summed E-state index contributed by atoms with van der Waals surface area (Å²) in [5.74, 6) is 0.0849. The maximum Gasteiger partial charge on any atom is 0.246 e. The molecule has 0 aliphatic heterocycles. The highest BCUT2D eigenvalue weighted by atomic mass is 16.5. The molecule has 6 nitrogen and oxygen atoms in total. The molecule has 148 valence electrons. The van der Waals surface area contributed by atoms with Gasteiger partial charge in [0.15, 0.2) is 0 Å². The van der Waals surface area contributed by atoms with E-state index in [4.69, 9.17) is 10.5 Å². The SMILES string of the molecule is C=CCOc1ccccc1CN(C(=O)CNC(=O)CN)c1ccc(C)c(C)c1. The molecule has 0 heterocycles. The van der Waals surface area contributed by atoms with Gasteiger partial charge in [-0.1, -0.05) is 36.9 Å². The smallest absolute Gasteiger partial charge is 0.246 e. The summed E-state index contributed by atoms with van der Waals surface area (Å²) >= 11 is 0. The number of rotatable bonds is 9. The lowest BCUT2D eigenvalue weighted by atomic mass is 10.1. The van der Waals surface area contributed by atoms with Crippen LogP contribution in [0.25, 0.3) is 0 Å². The summed E-state index contributed by atoms with van der Waals surface area (Å²) in [7, 11) is 0. The molecular weight excluding hydrogens is 354 g/mol. The molecule has 28 heavy (non-hydrogen) atoms. The Morgan fingerprint density at radius 1 is 1.18 bits per heavy atom. The number of benzene rings is 2. The topological polar surface area (TPSA) is 84.7 Å². The van der Waals surface area contributed by atoms with Crippen molar-refractivity contribution in [2.45, 2.75) is 20.4 Å². The molecule has 0 radical (unpaired) electrons. The number of nitrogens with two attached hydrogens (primary N) is 1. The van der Waals surface area contributed by atoms with Crippen molar-refractivity contribution in [2.24, 2.45) is 5.73 Å². The lowest BCUT2D eigenvalue weighted by molar-refractivity contribution is -0.124. The molecule has 0 spiro atoms. The summed E-state index contributed by atoms with van der Waals surface area (Å²) < 4.78 is 5.72. The number of aryl methyl sites for hydroxylation is 2. The fourth-order valence-corrected chi connectivity index (χ4v) is 2.65. The standard InChI is InChI=1S/C22H27N3O3/c1-4-11-28-20-8-6-5-7-18(20)15-25(22(27)14-24-21(26)13-23)19-10-9-16(2)17(3)12-19/h4-10,12H,1,11,13-15,23H2,2-3H3,(H,24,26). The van der Waals surface area contributed by atoms with Crippen LogP contribution in [0, 0.1) is 13.8 Å². The van der Waals surface area contributed by atoms with E-state index in [1.54, 1.807) is 11.0 Å². The molecule has 0 aliphatic rings. The van der Waals surface area contributed by atoms with Crippen LogP contribution >= 0.6 is 0 Å². The molecule has 0 atom stereocenters. The molecule has 6 heteroatoms. The van der Waals surface area contributed by atoms with Gasteiger partial charge in [0.25, 0.3) is 0 Å². The molecule has 0 aliphatic carbocycles. The number of ether oxygens (including phenoxy) is 1. The zero-order chi connectivity index (χ0) is 20.5. The number of para-hydroxylation sites is 1. The average Bonchev–Trinajstić information content (AvgIpc) is 2.71. The Hall–Kier alpha value is -3.12. The number of carbonyl (C=O) groups is 2. The van der Waals surface area contributed by atoms with E-state index >= 15 is 0 Å². The summed E-state index contributed by atoms with van der Waals surface area (Å²) in [6.07, 6.45) is 1.67. The van der Waals surface area contributed by atoms with Crippen molar-refractivity contribution < 1.29 is 14.3 Å². The molecule has 0 saturated carbocycles. The molecule has 2 amide bonds. The Balaban J connectivity index is 2.33. The third-order valence-corrected chi connectivity index (χ3v) is 4.38. The fourth-order valence-electron chi connectivity index (χ4n) is 2.65. The highest BCUT2D eigenvalue weighted by Gasteiger charge is 2.19. The van der Waals surface area contributed by atoms with Gasteiger partial charge in [-0.25, -0.2) is 0 Å². The number of hydrogen-bond acceptors (Lipinski definition) is 4. The lowest BCUT2D eigenvalue weighted by Crippen LogP contribution is -2.41. The average molecular weight is 381 g/mol. The zero-order valence-electron chi connectivity index (χ0n) is 16.4. The van der Waals surface area contributed by atoms with Gasteiger partial charge in [-0.2, -0.15) is 0 Å². The van der Waals surface area contributed by atoms with Gasteiger partial charge >= 0.3 is 0 Å². The highest BCUT2D eigenvalue weighted by Crippen LogP contribution is 2.25. The first-order chi connectivity index (χ1) is 13.5. The minimum atomic E-state index is -0.372. The van der Waals surface area contributed by atoms with Gasteiger partial charge in [0.2, 0.25) is 11.8 Å². The Kier molecular flexibility index (Phi) is 7.77. The quantitative estimate of drug-likeness (QED) is 0.654. The second-order valence-corrected chi connectivity index (χ2v) is 6.44. The monoisotopic (exact) mass is 381 g/mol. The molecule has 0 fully saturated rings. The second kappa shape index (κ2) is 10.3. The van der Waals surface area contributed by atoms with Crippen LogP contribution in [0.15, 0.2) is 55.1 Å². The first kappa shape index (κ1) is 21.2. The normalized spacial score (nSPS) is 10.2. The Bertz CT molecular complexity index is 849. The lowest BCUT2D eigenvalue weighted by Gasteiger charge is -2.25. The predicted molar refractivity (Wildman–Crippen MR) is 111 cm³/mol. The number of nitrogens with zero attached hydrogens (tertiary/aromatic N) is 1. The van der Waals surface area contributed by atoms with Crippen molar-refractivity contribution in [3.8, 4) is 5.75 Å². The number of carbonyl (C=O) groups excluding carboxylic acids is 2. The van der Waals surface area contributed by atoms with Crippen LogP contribution in [-0.4, -0.2) is 31.5 Å². The van der Waals surface area contributed by atoms with Crippen LogP contribution in [0.3, 0.4) is 0 Å². The summed E-state index contributed by atoms with van der Waals surface area (Å²) in [5.41, 5.74) is 9.15. The fraction of sp³-hybridized carbons (Fsp3) is 0.273. The first-order valence-corrected chi connectivity index (χ1v) is 9.12. The molecule has 0 saturated heterocycles. The second-order valence-electron chi connectivity index (χ2n) is 6.44. The maximum absolute atomic E-state index is 12.9. The molecule has 0 unspecified atom stereocenters. The van der Waals surface area contributed by atoms with Crippen LogP contribution < -0.4 is 20.7 Å². The molecule has 0 bridgehead atoms. The van der Waals surface area contributed by atoms with Crippen molar-refractivity contribution in [3.63, 3.8) is 0 Å². The summed E-state index contributed by atoms with van der Waals surface area (Å²) in [5, 5.41) is 2.54. The van der Waals surface area contributed by atoms with Crippen LogP contribution in [-0.2, 0) is 16.1 Å². The van der Waals surface area contributed by atoms with Crippen LogP contribution in [0.4, 0.5) is 5.69 Å². The van der Waals surface area contributed by atoms with Gasteiger partial charge in [0.05, 0.1) is 19.6 Å². The van der Waals surface area contributed by atoms with Crippen LogP contribution in [0.2, 0.25) is 0 Å². The van der Waals surface area contributed by atoms with Crippen molar-refractivity contribution in [1.29, 1.82) is 0 Å². The molecular formula is C22H27N3O3. The van der Waals surface area contributed by atoms with Crippen molar-refractivity contribution in [1.82, 2.24) is 5.32 Å². The van der Waals surface area contributed by atoms with E-state index in [0.29, 0.717) is 18.9 Å². The zero-order valence-corrected chi connectivity index (χ0v) is 16.4. The summed E-state index contributed by atoms with van der Waals surface area (Å²) in [4.78, 5) is 26.0. The van der Waals surface area contributed by atoms with Crippen molar-refractivity contribution in [2.75, 3.05) is 24.6 Å². The van der Waals surface area contributed by atoms with E-state index in [1.165, 1.54) is 0 Å². The molecule has 2 rings (SSSR count). The highest BCUT2D eigenvalue weighted by molar-refractivity contribution is 5.97. The number of anilines is 1. The minimum absolute atomic E-state index is 0.126.